The first-order chi connectivity index (χ1) is 9.47. The number of halogens is 3. The number of rotatable bonds is 1. The molecule has 0 saturated heterocycles. The van der Waals surface area contributed by atoms with Crippen LogP contribution < -0.4 is 5.73 Å². The lowest BCUT2D eigenvalue weighted by atomic mass is 10.1. The fourth-order valence-electron chi connectivity index (χ4n) is 1.99. The number of hydrogen-bond acceptors (Lipinski definition) is 3. The van der Waals surface area contributed by atoms with Crippen molar-refractivity contribution < 1.29 is 13.2 Å². The fraction of sp³-hybridized carbons (Fsp3) is 0.0769. The van der Waals surface area contributed by atoms with Crippen molar-refractivity contribution in [3.8, 4) is 5.69 Å². The van der Waals surface area contributed by atoms with E-state index >= 15 is 0 Å². The normalized spacial score (nSPS) is 11.9. The van der Waals surface area contributed by atoms with Gasteiger partial charge in [-0.1, -0.05) is 12.1 Å². The predicted molar refractivity (Wildman–Crippen MR) is 68.3 cm³/mol. The SMILES string of the molecule is Nc1cccc2c(-n3ccc(C(F)(F)F)n3)ccnc12. The van der Waals surface area contributed by atoms with Gasteiger partial charge in [0.15, 0.2) is 5.69 Å². The maximum Gasteiger partial charge on any atom is 0.435 e. The lowest BCUT2D eigenvalue weighted by Gasteiger charge is -2.07. The lowest BCUT2D eigenvalue weighted by molar-refractivity contribution is -0.141. The number of para-hydroxylation sites is 1. The van der Waals surface area contributed by atoms with Crippen LogP contribution in [0.25, 0.3) is 16.6 Å². The molecule has 2 heterocycles. The van der Waals surface area contributed by atoms with E-state index in [0.717, 1.165) is 6.07 Å². The van der Waals surface area contributed by atoms with Gasteiger partial charge in [-0.25, -0.2) is 4.68 Å². The number of alkyl halides is 3. The summed E-state index contributed by atoms with van der Waals surface area (Å²) in [6, 6.07) is 7.66. The van der Waals surface area contributed by atoms with Crippen LogP contribution in [0.5, 0.6) is 0 Å². The zero-order valence-electron chi connectivity index (χ0n) is 10.1. The molecule has 3 aromatic rings. The molecule has 20 heavy (non-hydrogen) atoms. The number of nitrogens with two attached hydrogens (primary N) is 1. The second-order valence-electron chi connectivity index (χ2n) is 4.22. The van der Waals surface area contributed by atoms with E-state index in [0.29, 0.717) is 22.3 Å². The minimum atomic E-state index is -4.47. The Morgan fingerprint density at radius 2 is 1.90 bits per heavy atom. The van der Waals surface area contributed by atoms with Gasteiger partial charge in [0.05, 0.1) is 16.9 Å². The van der Waals surface area contributed by atoms with Crippen LogP contribution in [0, 0.1) is 0 Å². The first-order valence-electron chi connectivity index (χ1n) is 5.73. The highest BCUT2D eigenvalue weighted by Gasteiger charge is 2.33. The summed E-state index contributed by atoms with van der Waals surface area (Å²) in [4.78, 5) is 4.13. The Labute approximate surface area is 111 Å². The van der Waals surface area contributed by atoms with Gasteiger partial charge in [-0.15, -0.1) is 0 Å². The van der Waals surface area contributed by atoms with Gasteiger partial charge in [-0.2, -0.15) is 18.3 Å². The number of fused-ring (bicyclic) bond motifs is 1. The summed E-state index contributed by atoms with van der Waals surface area (Å²) in [5, 5.41) is 4.20. The minimum absolute atomic E-state index is 0.465. The van der Waals surface area contributed by atoms with E-state index in [1.54, 1.807) is 24.3 Å². The van der Waals surface area contributed by atoms with Gasteiger partial charge >= 0.3 is 6.18 Å². The van der Waals surface area contributed by atoms with Crippen molar-refractivity contribution in [1.82, 2.24) is 14.8 Å². The van der Waals surface area contributed by atoms with Crippen molar-refractivity contribution in [3.63, 3.8) is 0 Å². The maximum absolute atomic E-state index is 12.6. The molecule has 0 fully saturated rings. The maximum atomic E-state index is 12.6. The minimum Gasteiger partial charge on any atom is -0.397 e. The molecule has 0 aliphatic rings. The first kappa shape index (κ1) is 12.5. The molecular formula is C13H9F3N4. The predicted octanol–water partition coefficient (Wildman–Crippen LogP) is 3.02. The van der Waals surface area contributed by atoms with Gasteiger partial charge in [0, 0.05) is 17.8 Å². The molecule has 0 aliphatic heterocycles. The highest BCUT2D eigenvalue weighted by Crippen LogP contribution is 2.29. The van der Waals surface area contributed by atoms with Gasteiger partial charge in [-0.3, -0.25) is 4.98 Å². The van der Waals surface area contributed by atoms with Crippen molar-refractivity contribution in [2.75, 3.05) is 5.73 Å². The largest absolute Gasteiger partial charge is 0.435 e. The number of benzene rings is 1. The number of hydrogen-bond donors (Lipinski definition) is 1. The number of anilines is 1. The van der Waals surface area contributed by atoms with Crippen LogP contribution in [0.4, 0.5) is 18.9 Å². The zero-order chi connectivity index (χ0) is 14.3. The molecule has 0 radical (unpaired) electrons. The van der Waals surface area contributed by atoms with E-state index in [1.807, 2.05) is 0 Å². The number of aromatic nitrogens is 3. The third-order valence-electron chi connectivity index (χ3n) is 2.91. The molecule has 3 rings (SSSR count). The van der Waals surface area contributed by atoms with Crippen molar-refractivity contribution in [3.05, 3.63) is 48.4 Å². The van der Waals surface area contributed by atoms with Gasteiger partial charge < -0.3 is 5.73 Å². The Hall–Kier alpha value is -2.57. The van der Waals surface area contributed by atoms with Gasteiger partial charge in [0.2, 0.25) is 0 Å². The van der Waals surface area contributed by atoms with Crippen molar-refractivity contribution >= 4 is 16.6 Å². The van der Waals surface area contributed by atoms with Crippen LogP contribution in [0.2, 0.25) is 0 Å². The van der Waals surface area contributed by atoms with E-state index in [4.69, 9.17) is 5.73 Å². The van der Waals surface area contributed by atoms with E-state index in [9.17, 15) is 13.2 Å². The van der Waals surface area contributed by atoms with Gasteiger partial charge in [0.1, 0.15) is 0 Å². The summed E-state index contributed by atoms with van der Waals surface area (Å²) < 4.78 is 38.9. The Kier molecular flexibility index (Phi) is 2.63. The molecule has 7 heteroatoms. The zero-order valence-corrected chi connectivity index (χ0v) is 10.1. The molecule has 0 aliphatic carbocycles. The Bertz CT molecular complexity index is 777. The number of nitrogens with zero attached hydrogens (tertiary/aromatic N) is 3. The second-order valence-corrected chi connectivity index (χ2v) is 4.22. The van der Waals surface area contributed by atoms with Crippen LogP contribution in [0.3, 0.4) is 0 Å². The van der Waals surface area contributed by atoms with Crippen molar-refractivity contribution in [2.24, 2.45) is 0 Å². The van der Waals surface area contributed by atoms with Crippen LogP contribution in [0.1, 0.15) is 5.69 Å². The average molecular weight is 278 g/mol. The molecule has 102 valence electrons. The summed E-state index contributed by atoms with van der Waals surface area (Å²) in [7, 11) is 0. The third kappa shape index (κ3) is 1.97. The van der Waals surface area contributed by atoms with Crippen LogP contribution in [-0.4, -0.2) is 14.8 Å². The van der Waals surface area contributed by atoms with E-state index in [-0.39, 0.29) is 0 Å². The summed E-state index contributed by atoms with van der Waals surface area (Å²) in [5.74, 6) is 0. The molecule has 0 saturated carbocycles. The molecule has 1 aromatic carbocycles. The lowest BCUT2D eigenvalue weighted by Crippen LogP contribution is -2.07. The number of nitrogen functional groups attached to an aromatic ring is 1. The molecular weight excluding hydrogens is 269 g/mol. The fourth-order valence-corrected chi connectivity index (χ4v) is 1.99. The van der Waals surface area contributed by atoms with E-state index < -0.39 is 11.9 Å². The summed E-state index contributed by atoms with van der Waals surface area (Å²) in [6.07, 6.45) is -1.71. The highest BCUT2D eigenvalue weighted by molar-refractivity contribution is 5.94. The third-order valence-corrected chi connectivity index (χ3v) is 2.91. The van der Waals surface area contributed by atoms with Crippen molar-refractivity contribution in [2.45, 2.75) is 6.18 Å². The summed E-state index contributed by atoms with van der Waals surface area (Å²) in [6.45, 7) is 0. The van der Waals surface area contributed by atoms with E-state index in [1.165, 1.54) is 17.1 Å². The van der Waals surface area contributed by atoms with Crippen LogP contribution in [0.15, 0.2) is 42.7 Å². The summed E-state index contributed by atoms with van der Waals surface area (Å²) in [5.41, 5.74) is 6.37. The monoisotopic (exact) mass is 278 g/mol. The Balaban J connectivity index is 2.20. The Morgan fingerprint density at radius 1 is 1.10 bits per heavy atom. The van der Waals surface area contributed by atoms with Gasteiger partial charge in [-0.05, 0) is 18.2 Å². The molecule has 0 unspecified atom stereocenters. The standard InChI is InChI=1S/C13H9F3N4/c14-13(15,16)11-5-7-20(19-11)10-4-6-18-12-8(10)2-1-3-9(12)17/h1-7H,17H2. The molecule has 2 aromatic heterocycles. The van der Waals surface area contributed by atoms with Crippen molar-refractivity contribution in [1.29, 1.82) is 0 Å². The summed E-state index contributed by atoms with van der Waals surface area (Å²) >= 11 is 0. The molecule has 0 spiro atoms. The topological polar surface area (TPSA) is 56.7 Å². The quantitative estimate of drug-likeness (QED) is 0.696. The Morgan fingerprint density at radius 3 is 2.60 bits per heavy atom. The van der Waals surface area contributed by atoms with Crippen LogP contribution >= 0.6 is 0 Å². The molecule has 4 nitrogen and oxygen atoms in total. The molecule has 2 N–H and O–H groups in total. The van der Waals surface area contributed by atoms with E-state index in [2.05, 4.69) is 10.1 Å². The highest BCUT2D eigenvalue weighted by atomic mass is 19.4. The first-order valence-corrected chi connectivity index (χ1v) is 5.73. The molecule has 0 atom stereocenters. The van der Waals surface area contributed by atoms with Gasteiger partial charge in [0.25, 0.3) is 0 Å². The van der Waals surface area contributed by atoms with Crippen LogP contribution in [-0.2, 0) is 6.18 Å². The number of pyridine rings is 1. The second kappa shape index (κ2) is 4.22. The smallest absolute Gasteiger partial charge is 0.397 e. The molecule has 0 bridgehead atoms. The average Bonchev–Trinajstić information content (AvgIpc) is 2.88. The molecule has 0 amide bonds.